The highest BCUT2D eigenvalue weighted by atomic mass is 16.7. The van der Waals surface area contributed by atoms with E-state index < -0.39 is 141 Å². The van der Waals surface area contributed by atoms with Gasteiger partial charge in [-0.15, -0.1) is 0 Å². The summed E-state index contributed by atoms with van der Waals surface area (Å²) in [6.45, 7) is 6.78. The van der Waals surface area contributed by atoms with Gasteiger partial charge in [0.2, 0.25) is 0 Å². The maximum Gasteiger partial charge on any atom is 0.311 e. The average Bonchev–Trinajstić information content (AvgIpc) is 3.21. The lowest BCUT2D eigenvalue weighted by atomic mass is 9.82. The average molecular weight is 926 g/mol. The fourth-order valence-electron chi connectivity index (χ4n) is 8.11. The summed E-state index contributed by atoms with van der Waals surface area (Å²) in [5.41, 5.74) is 6.02. The highest BCUT2D eigenvalue weighted by Gasteiger charge is 2.51. The first-order chi connectivity index (χ1) is 30.6. The zero-order valence-corrected chi connectivity index (χ0v) is 37.8. The molecule has 0 amide bonds. The Kier molecular flexibility index (Phi) is 23.8. The molecule has 13 N–H and O–H groups in total. The molecule has 0 aromatic carbocycles. The van der Waals surface area contributed by atoms with E-state index in [9.17, 15) is 65.8 Å². The van der Waals surface area contributed by atoms with Crippen molar-refractivity contribution >= 4 is 11.9 Å². The van der Waals surface area contributed by atoms with Gasteiger partial charge in [0.1, 0.15) is 18.1 Å². The third-order valence-electron chi connectivity index (χ3n) is 12.2. The third kappa shape index (κ3) is 18.8. The molecule has 65 heavy (non-hydrogen) atoms. The summed E-state index contributed by atoms with van der Waals surface area (Å²) < 4.78 is 23.2. The van der Waals surface area contributed by atoms with Crippen LogP contribution in [0.4, 0.5) is 0 Å². The number of carbonyl (C=O) groups excluding carboxylic acids is 1. The Morgan fingerprint density at radius 1 is 0.692 bits per heavy atom. The first-order valence-electron chi connectivity index (χ1n) is 22.6. The van der Waals surface area contributed by atoms with Gasteiger partial charge < -0.3 is 80.9 Å². The molecule has 3 heterocycles. The summed E-state index contributed by atoms with van der Waals surface area (Å²) in [7, 11) is 0. The van der Waals surface area contributed by atoms with Crippen molar-refractivity contribution in [3.63, 3.8) is 0 Å². The standard InChI is InChI=1S/C47H75NO17/c1-27-17-15-13-11-9-7-5-6-8-10-12-14-16-18-34(64-46-44(58)41(48)43(57)30(4)63-46)24-38-40(45(59)60)37(54)26-47(61,65-38)25-36(53)35(52)20-19-31(49)21-32(50)22-33(51)23-39(55)62-29(3)28(2)42(27)56/h5-6,8,10-18,27-38,40-44,46,49-54,56-58,61H,7,9,19-26,48H2,1-4H3,(H,59,60)/t27-,28-,29-,30-,31+,32+,33+,34-,35+,36+,37-,38?,40+,41+,42+,43-,44-,46+,47+/m0/s1. The number of esters is 1. The number of cyclic esters (lactones) is 1. The molecule has 3 aliphatic heterocycles. The molecule has 3 rings (SSSR count). The highest BCUT2D eigenvalue weighted by molar-refractivity contribution is 5.71. The van der Waals surface area contributed by atoms with E-state index in [-0.39, 0.29) is 38.0 Å². The summed E-state index contributed by atoms with van der Waals surface area (Å²) in [5, 5.41) is 118. The molecular weight excluding hydrogens is 851 g/mol. The van der Waals surface area contributed by atoms with Gasteiger partial charge in [-0.1, -0.05) is 86.8 Å². The van der Waals surface area contributed by atoms with Crippen LogP contribution in [-0.4, -0.2) is 166 Å². The van der Waals surface area contributed by atoms with Gasteiger partial charge in [0, 0.05) is 31.1 Å². The van der Waals surface area contributed by atoms with E-state index in [1.54, 1.807) is 38.2 Å². The van der Waals surface area contributed by atoms with Gasteiger partial charge in [-0.25, -0.2) is 0 Å². The van der Waals surface area contributed by atoms with Crippen molar-refractivity contribution in [3.8, 4) is 0 Å². The fourth-order valence-corrected chi connectivity index (χ4v) is 8.11. The van der Waals surface area contributed by atoms with Crippen molar-refractivity contribution in [1.29, 1.82) is 0 Å². The SMILES string of the molecule is C[C@@H]1[C@H](O)[C@@H](C)C=CC=CCCC=CC=CC=CC=C[C@H](O[C@H]2O[C@@H](C)[C@H](O)[C@@H](N)[C@@H]2O)CC2O[C@](O)(C[C@@H](O)[C@H](O)CC[C@@H](O)C[C@@H](O)C[C@@H](O)CC(=O)O[C@H]1C)C[C@H](O)[C@H]2C(=O)O. The van der Waals surface area contributed by atoms with E-state index in [2.05, 4.69) is 0 Å². The van der Waals surface area contributed by atoms with Crippen LogP contribution in [0, 0.1) is 17.8 Å². The number of ether oxygens (including phenoxy) is 4. The summed E-state index contributed by atoms with van der Waals surface area (Å²) >= 11 is 0. The molecule has 2 bridgehead atoms. The number of rotatable bonds is 3. The molecule has 0 spiro atoms. The van der Waals surface area contributed by atoms with Crippen molar-refractivity contribution in [2.75, 3.05) is 0 Å². The van der Waals surface area contributed by atoms with Crippen LogP contribution < -0.4 is 5.73 Å². The van der Waals surface area contributed by atoms with E-state index in [1.165, 1.54) is 13.0 Å². The van der Waals surface area contributed by atoms with Crippen molar-refractivity contribution in [1.82, 2.24) is 0 Å². The second-order valence-electron chi connectivity index (χ2n) is 17.8. The Morgan fingerprint density at radius 3 is 1.94 bits per heavy atom. The van der Waals surface area contributed by atoms with E-state index in [0.29, 0.717) is 0 Å². The number of nitrogens with two attached hydrogens (primary N) is 1. The molecule has 0 aromatic rings. The molecule has 19 atom stereocenters. The number of aliphatic hydroxyl groups excluding tert-OH is 9. The molecular formula is C47H75NO17. The van der Waals surface area contributed by atoms with Gasteiger partial charge >= 0.3 is 11.9 Å². The zero-order valence-electron chi connectivity index (χ0n) is 37.8. The molecule has 2 saturated heterocycles. The molecule has 18 nitrogen and oxygen atoms in total. The Balaban J connectivity index is 1.84. The van der Waals surface area contributed by atoms with Crippen molar-refractivity contribution in [2.24, 2.45) is 23.5 Å². The minimum Gasteiger partial charge on any atom is -0.481 e. The number of aliphatic hydroxyl groups is 10. The number of carbonyl (C=O) groups is 2. The van der Waals surface area contributed by atoms with Crippen molar-refractivity contribution < 1.29 is 84.7 Å². The van der Waals surface area contributed by atoms with E-state index in [1.807, 2.05) is 49.5 Å². The van der Waals surface area contributed by atoms with Crippen LogP contribution in [0.3, 0.4) is 0 Å². The number of carboxylic acid groups (broad SMARTS) is 1. The van der Waals surface area contributed by atoms with E-state index in [0.717, 1.165) is 12.8 Å². The van der Waals surface area contributed by atoms with Gasteiger partial charge in [0.15, 0.2) is 12.1 Å². The molecule has 370 valence electrons. The maximum atomic E-state index is 12.6. The second-order valence-corrected chi connectivity index (χ2v) is 17.8. The Hall–Kier alpha value is -3.18. The Bertz CT molecular complexity index is 1620. The first-order valence-corrected chi connectivity index (χ1v) is 22.6. The van der Waals surface area contributed by atoms with Crippen LogP contribution in [0.25, 0.3) is 0 Å². The van der Waals surface area contributed by atoms with Crippen LogP contribution in [0.5, 0.6) is 0 Å². The summed E-state index contributed by atoms with van der Waals surface area (Å²) in [5.74, 6) is -6.82. The normalized spacial score (nSPS) is 42.3. The molecule has 2 fully saturated rings. The van der Waals surface area contributed by atoms with Gasteiger partial charge in [0.25, 0.3) is 0 Å². The van der Waals surface area contributed by atoms with Crippen LogP contribution in [-0.2, 0) is 28.5 Å². The second kappa shape index (κ2) is 27.6. The number of aliphatic carboxylic acids is 1. The smallest absolute Gasteiger partial charge is 0.311 e. The van der Waals surface area contributed by atoms with Gasteiger partial charge in [-0.2, -0.15) is 0 Å². The summed E-state index contributed by atoms with van der Waals surface area (Å²) in [6, 6.07) is -1.14. The predicted molar refractivity (Wildman–Crippen MR) is 237 cm³/mol. The lowest BCUT2D eigenvalue weighted by molar-refractivity contribution is -0.310. The largest absolute Gasteiger partial charge is 0.481 e. The number of fused-ring (bicyclic) bond motifs is 2. The molecule has 3 aliphatic rings. The van der Waals surface area contributed by atoms with Gasteiger partial charge in [-0.3, -0.25) is 9.59 Å². The quantitative estimate of drug-likeness (QED) is 0.175. The fraction of sp³-hybridized carbons (Fsp3) is 0.702. The van der Waals surface area contributed by atoms with E-state index in [4.69, 9.17) is 24.7 Å². The molecule has 1 unspecified atom stereocenters. The number of allylic oxidation sites excluding steroid dienone is 10. The minimum atomic E-state index is -2.35. The van der Waals surface area contributed by atoms with Crippen LogP contribution in [0.1, 0.15) is 91.9 Å². The van der Waals surface area contributed by atoms with Gasteiger partial charge in [-0.05, 0) is 52.4 Å². The minimum absolute atomic E-state index is 0.138. The lowest BCUT2D eigenvalue weighted by Gasteiger charge is -2.45. The molecule has 18 heteroatoms. The summed E-state index contributed by atoms with van der Waals surface area (Å²) in [6.07, 6.45) is 2.28. The molecule has 0 aliphatic carbocycles. The Labute approximate surface area is 381 Å². The van der Waals surface area contributed by atoms with Crippen molar-refractivity contribution in [2.45, 2.75) is 189 Å². The topological polar surface area (TPSA) is 320 Å². The monoisotopic (exact) mass is 926 g/mol. The predicted octanol–water partition coefficient (Wildman–Crippen LogP) is 0.936. The number of hydrogen-bond acceptors (Lipinski definition) is 17. The Morgan fingerprint density at radius 2 is 1.28 bits per heavy atom. The van der Waals surface area contributed by atoms with Crippen LogP contribution in [0.2, 0.25) is 0 Å². The zero-order chi connectivity index (χ0) is 48.4. The maximum absolute atomic E-state index is 12.6. The van der Waals surface area contributed by atoms with Gasteiger partial charge in [0.05, 0.1) is 79.6 Å². The highest BCUT2D eigenvalue weighted by Crippen LogP contribution is 2.38. The number of hydrogen-bond donors (Lipinski definition) is 12. The molecule has 0 aromatic heterocycles. The first kappa shape index (κ1) is 56.1. The van der Waals surface area contributed by atoms with Crippen molar-refractivity contribution in [3.05, 3.63) is 72.9 Å². The molecule has 0 saturated carbocycles. The van der Waals surface area contributed by atoms with Crippen LogP contribution >= 0.6 is 0 Å². The van der Waals surface area contributed by atoms with Crippen LogP contribution in [0.15, 0.2) is 72.9 Å². The summed E-state index contributed by atoms with van der Waals surface area (Å²) in [4.78, 5) is 25.1. The lowest BCUT2D eigenvalue weighted by Crippen LogP contribution is -2.61. The third-order valence-corrected chi connectivity index (χ3v) is 12.2. The molecule has 0 radical (unpaired) electrons. The van der Waals surface area contributed by atoms with E-state index >= 15 is 0 Å². The number of carboxylic acids is 1.